The van der Waals surface area contributed by atoms with Gasteiger partial charge in [-0.3, -0.25) is 24.1 Å². The maximum atomic E-state index is 16.4. The van der Waals surface area contributed by atoms with Crippen LogP contribution in [0.2, 0.25) is 0 Å². The standard InChI is InChI=1S/C29H34FN5O7/c1-34(2)9-14(36)33-21-13-7-11-6-12-16(24(37)15(11)25(38)17(13)26(39)19(28(21)41)29(31)42)27(40)22-18(20(12)30)23-10(8-32-22)4-5-35(23)3/h10-11,13,17,21,23,32,37,39-40H,4-9H2,1-3H3,(H2,31,42)(H,33,36)/t10?,11?,13?,17?,21-,23?/m0/s1. The molecule has 2 aliphatic heterocycles. The van der Waals surface area contributed by atoms with Gasteiger partial charge in [-0.1, -0.05) is 0 Å². The molecule has 13 heteroatoms. The van der Waals surface area contributed by atoms with Gasteiger partial charge in [0.2, 0.25) is 5.91 Å². The van der Waals surface area contributed by atoms with Gasteiger partial charge in [-0.15, -0.1) is 0 Å². The molecule has 12 nitrogen and oxygen atoms in total. The topological polar surface area (TPSA) is 186 Å². The van der Waals surface area contributed by atoms with Crippen molar-refractivity contribution in [2.75, 3.05) is 46.1 Å². The lowest BCUT2D eigenvalue weighted by Crippen LogP contribution is -2.58. The zero-order chi connectivity index (χ0) is 30.4. The molecule has 7 N–H and O–H groups in total. The first kappa shape index (κ1) is 28.2. The first-order valence-electron chi connectivity index (χ1n) is 14.0. The van der Waals surface area contributed by atoms with Crippen molar-refractivity contribution in [2.45, 2.75) is 31.3 Å². The molecule has 0 spiro atoms. The number of benzene rings is 1. The predicted molar refractivity (Wildman–Crippen MR) is 148 cm³/mol. The summed E-state index contributed by atoms with van der Waals surface area (Å²) < 4.78 is 16.4. The Bertz CT molecular complexity index is 1520. The number of Topliss-reactive ketones (excluding diaryl/α,β-unsaturated/α-hetero) is 2. The second kappa shape index (κ2) is 9.80. The van der Waals surface area contributed by atoms with Crippen LogP contribution >= 0.6 is 0 Å². The third kappa shape index (κ3) is 3.93. The van der Waals surface area contributed by atoms with Gasteiger partial charge in [0.15, 0.2) is 11.6 Å². The van der Waals surface area contributed by atoms with Crippen LogP contribution in [-0.4, -0.2) is 95.3 Å². The minimum atomic E-state index is -1.46. The third-order valence-corrected chi connectivity index (χ3v) is 9.57. The summed E-state index contributed by atoms with van der Waals surface area (Å²) >= 11 is 0. The van der Waals surface area contributed by atoms with E-state index in [1.165, 1.54) is 0 Å². The molecule has 1 aromatic rings. The summed E-state index contributed by atoms with van der Waals surface area (Å²) in [6.45, 7) is 1.20. The molecule has 2 heterocycles. The number of likely N-dealkylation sites (N-methyl/N-ethyl adjacent to an activating group) is 1. The number of amides is 2. The number of carbonyl (C=O) groups excluding carboxylic acids is 4. The summed E-state index contributed by atoms with van der Waals surface area (Å²) in [5.74, 6) is -8.91. The Morgan fingerprint density at radius 2 is 1.90 bits per heavy atom. The molecule has 0 radical (unpaired) electrons. The maximum absolute atomic E-state index is 16.4. The van der Waals surface area contributed by atoms with Gasteiger partial charge in [0, 0.05) is 35.2 Å². The highest BCUT2D eigenvalue weighted by Crippen LogP contribution is 2.55. The zero-order valence-electron chi connectivity index (χ0n) is 23.5. The van der Waals surface area contributed by atoms with Crippen LogP contribution in [0.4, 0.5) is 10.1 Å². The molecule has 3 aliphatic carbocycles. The van der Waals surface area contributed by atoms with E-state index in [4.69, 9.17) is 5.73 Å². The largest absolute Gasteiger partial charge is 0.511 e. The minimum absolute atomic E-state index is 0.00544. The number of hydrogen-bond donors (Lipinski definition) is 6. The van der Waals surface area contributed by atoms with Crippen molar-refractivity contribution in [1.29, 1.82) is 0 Å². The van der Waals surface area contributed by atoms with E-state index in [0.29, 0.717) is 12.1 Å². The number of rotatable bonds is 4. The van der Waals surface area contributed by atoms with E-state index in [-0.39, 0.29) is 59.5 Å². The fourth-order valence-electron chi connectivity index (χ4n) is 7.85. The number of hydrogen-bond acceptors (Lipinski definition) is 10. The summed E-state index contributed by atoms with van der Waals surface area (Å²) in [5.41, 5.74) is 4.88. The lowest BCUT2D eigenvalue weighted by atomic mass is 9.60. The minimum Gasteiger partial charge on any atom is -0.511 e. The van der Waals surface area contributed by atoms with E-state index < -0.39 is 70.1 Å². The van der Waals surface area contributed by atoms with E-state index in [2.05, 4.69) is 10.6 Å². The summed E-state index contributed by atoms with van der Waals surface area (Å²) in [4.78, 5) is 55.9. The van der Waals surface area contributed by atoms with Gasteiger partial charge >= 0.3 is 0 Å². The number of halogens is 1. The van der Waals surface area contributed by atoms with Gasteiger partial charge in [-0.05, 0) is 58.8 Å². The number of primary amides is 1. The molecule has 2 amide bonds. The molecule has 6 rings (SSSR count). The van der Waals surface area contributed by atoms with Crippen LogP contribution in [0.15, 0.2) is 16.9 Å². The third-order valence-electron chi connectivity index (χ3n) is 9.57. The quantitative estimate of drug-likeness (QED) is 0.216. The number of likely N-dealkylation sites (tertiary alicyclic amines) is 1. The number of phenols is 1. The zero-order valence-corrected chi connectivity index (χ0v) is 23.5. The molecule has 224 valence electrons. The number of fused-ring (bicyclic) bond motifs is 6. The molecule has 1 aromatic carbocycles. The van der Waals surface area contributed by atoms with Crippen LogP contribution in [0.5, 0.6) is 5.75 Å². The van der Waals surface area contributed by atoms with Crippen molar-refractivity contribution < 1.29 is 38.9 Å². The van der Waals surface area contributed by atoms with E-state index in [9.17, 15) is 34.5 Å². The molecule has 6 atom stereocenters. The molecular formula is C29H34FN5O7. The Morgan fingerprint density at radius 3 is 2.57 bits per heavy atom. The van der Waals surface area contributed by atoms with E-state index >= 15 is 4.39 Å². The van der Waals surface area contributed by atoms with Crippen molar-refractivity contribution in [1.82, 2.24) is 15.1 Å². The summed E-state index contributed by atoms with van der Waals surface area (Å²) in [6.07, 6.45) is 0.808. The average molecular weight is 584 g/mol. The summed E-state index contributed by atoms with van der Waals surface area (Å²) in [6, 6.07) is -1.61. The number of aliphatic hydroxyl groups excluding tert-OH is 2. The highest BCUT2D eigenvalue weighted by molar-refractivity contribution is 6.23. The Hall–Kier alpha value is -3.97. The van der Waals surface area contributed by atoms with Crippen LogP contribution in [0.3, 0.4) is 0 Å². The van der Waals surface area contributed by atoms with Crippen LogP contribution in [0.25, 0.3) is 5.76 Å². The molecule has 1 saturated heterocycles. The molecule has 42 heavy (non-hydrogen) atoms. The van der Waals surface area contributed by atoms with Gasteiger partial charge in [-0.2, -0.15) is 0 Å². The van der Waals surface area contributed by atoms with Crippen molar-refractivity contribution in [3.05, 3.63) is 39.4 Å². The smallest absolute Gasteiger partial charge is 0.255 e. The van der Waals surface area contributed by atoms with Gasteiger partial charge in [0.05, 0.1) is 29.8 Å². The van der Waals surface area contributed by atoms with Crippen molar-refractivity contribution in [2.24, 2.45) is 29.4 Å². The van der Waals surface area contributed by atoms with Gasteiger partial charge in [0.1, 0.15) is 28.7 Å². The van der Waals surface area contributed by atoms with Gasteiger partial charge in [-0.25, -0.2) is 4.39 Å². The Balaban J connectivity index is 1.48. The van der Waals surface area contributed by atoms with Crippen LogP contribution in [0.1, 0.15) is 35.6 Å². The molecule has 5 unspecified atom stereocenters. The van der Waals surface area contributed by atoms with Gasteiger partial charge in [0.25, 0.3) is 5.91 Å². The Morgan fingerprint density at radius 1 is 1.19 bits per heavy atom. The van der Waals surface area contributed by atoms with Crippen LogP contribution < -0.4 is 16.4 Å². The SMILES string of the molecule is CN(C)CC(=O)N[C@@H]1C(=O)C(C(N)=O)=C(O)C2C(=O)C3=C(O)c4c(O)c5c(c(F)c4CC3CC21)C1C(CCN1C)CN5. The highest BCUT2D eigenvalue weighted by atomic mass is 19.1. The van der Waals surface area contributed by atoms with E-state index in [1.54, 1.807) is 19.0 Å². The molecule has 1 saturated carbocycles. The van der Waals surface area contributed by atoms with Crippen LogP contribution in [0, 0.1) is 29.5 Å². The number of aliphatic hydroxyl groups is 2. The summed E-state index contributed by atoms with van der Waals surface area (Å²) in [7, 11) is 5.20. The second-order valence-corrected chi connectivity index (χ2v) is 12.3. The monoisotopic (exact) mass is 583 g/mol. The predicted octanol–water partition coefficient (Wildman–Crippen LogP) is 0.523. The number of nitrogens with one attached hydrogen (secondary N) is 2. The van der Waals surface area contributed by atoms with Crippen molar-refractivity contribution >= 4 is 34.8 Å². The number of nitrogens with zero attached hydrogens (tertiary/aromatic N) is 2. The van der Waals surface area contributed by atoms with E-state index in [0.717, 1.165) is 13.0 Å². The Kier molecular flexibility index (Phi) is 6.57. The van der Waals surface area contributed by atoms with Crippen molar-refractivity contribution in [3.8, 4) is 5.75 Å². The number of allylic oxidation sites excluding steroid dienone is 2. The summed E-state index contributed by atoms with van der Waals surface area (Å²) in [5, 5.41) is 39.5. The molecule has 5 aliphatic rings. The van der Waals surface area contributed by atoms with Crippen molar-refractivity contribution in [3.63, 3.8) is 0 Å². The number of phenolic OH excluding ortho intramolecular Hbond substituents is 1. The lowest BCUT2D eigenvalue weighted by Gasteiger charge is -2.45. The fraction of sp³-hybridized carbons (Fsp3) is 0.517. The first-order chi connectivity index (χ1) is 19.8. The maximum Gasteiger partial charge on any atom is 0.255 e. The number of anilines is 1. The molecular weight excluding hydrogens is 549 g/mol. The Labute approximate surface area is 241 Å². The van der Waals surface area contributed by atoms with E-state index in [1.807, 2.05) is 11.9 Å². The normalized spacial score (nSPS) is 30.3. The number of carbonyl (C=O) groups is 4. The number of aromatic hydroxyl groups is 1. The number of ketones is 2. The fourth-order valence-corrected chi connectivity index (χ4v) is 7.85. The van der Waals surface area contributed by atoms with Crippen LogP contribution in [-0.2, 0) is 25.6 Å². The number of nitrogens with two attached hydrogens (primary N) is 1. The highest BCUT2D eigenvalue weighted by Gasteiger charge is 2.56. The molecule has 0 aromatic heterocycles. The van der Waals surface area contributed by atoms with Gasteiger partial charge < -0.3 is 36.6 Å². The molecule has 2 fully saturated rings. The molecule has 0 bridgehead atoms. The second-order valence-electron chi connectivity index (χ2n) is 12.3. The average Bonchev–Trinajstić information content (AvgIpc) is 3.28. The lowest BCUT2D eigenvalue weighted by molar-refractivity contribution is -0.134. The first-order valence-corrected chi connectivity index (χ1v) is 14.0.